The predicted octanol–water partition coefficient (Wildman–Crippen LogP) is 1.19. The van der Waals surface area contributed by atoms with Crippen LogP contribution in [0.25, 0.3) is 0 Å². The van der Waals surface area contributed by atoms with E-state index < -0.39 is 0 Å². The number of nitrogens with zero attached hydrogens (tertiary/aromatic N) is 3. The van der Waals surface area contributed by atoms with Gasteiger partial charge in [-0.15, -0.1) is 0 Å². The lowest BCUT2D eigenvalue weighted by Crippen LogP contribution is -2.46. The molecule has 1 aliphatic rings. The van der Waals surface area contributed by atoms with Gasteiger partial charge in [-0.3, -0.25) is 9.88 Å². The summed E-state index contributed by atoms with van der Waals surface area (Å²) >= 11 is 0. The van der Waals surface area contributed by atoms with Crippen molar-refractivity contribution in [1.82, 2.24) is 14.8 Å². The number of hydrogen-bond donors (Lipinski definition) is 1. The van der Waals surface area contributed by atoms with E-state index in [9.17, 15) is 0 Å². The highest BCUT2D eigenvalue weighted by Gasteiger charge is 2.17. The number of nitrogens with two attached hydrogens (primary N) is 1. The van der Waals surface area contributed by atoms with Gasteiger partial charge in [0.2, 0.25) is 0 Å². The second kappa shape index (κ2) is 5.98. The van der Waals surface area contributed by atoms with Crippen LogP contribution in [0.15, 0.2) is 18.3 Å². The van der Waals surface area contributed by atoms with Crippen molar-refractivity contribution in [1.29, 1.82) is 0 Å². The van der Waals surface area contributed by atoms with Crippen molar-refractivity contribution >= 4 is 5.69 Å². The van der Waals surface area contributed by atoms with Crippen LogP contribution in [0.1, 0.15) is 19.0 Å². The minimum Gasteiger partial charge on any atom is -0.397 e. The first-order valence-electron chi connectivity index (χ1n) is 6.43. The Morgan fingerprint density at radius 1 is 1.24 bits per heavy atom. The average Bonchev–Trinajstić information content (AvgIpc) is 2.35. The molecule has 0 aromatic carbocycles. The molecule has 0 saturated carbocycles. The van der Waals surface area contributed by atoms with Gasteiger partial charge in [-0.2, -0.15) is 0 Å². The predicted molar refractivity (Wildman–Crippen MR) is 70.7 cm³/mol. The van der Waals surface area contributed by atoms with Crippen molar-refractivity contribution in [3.05, 3.63) is 24.0 Å². The lowest BCUT2D eigenvalue weighted by Gasteiger charge is -2.34. The van der Waals surface area contributed by atoms with E-state index in [1.165, 1.54) is 26.1 Å². The fourth-order valence-corrected chi connectivity index (χ4v) is 2.28. The largest absolute Gasteiger partial charge is 0.397 e. The highest BCUT2D eigenvalue weighted by atomic mass is 15.3. The molecule has 0 bridgehead atoms. The van der Waals surface area contributed by atoms with Crippen LogP contribution >= 0.6 is 0 Å². The summed E-state index contributed by atoms with van der Waals surface area (Å²) in [7, 11) is 0. The van der Waals surface area contributed by atoms with E-state index in [4.69, 9.17) is 5.73 Å². The maximum absolute atomic E-state index is 5.91. The van der Waals surface area contributed by atoms with Crippen molar-refractivity contribution in [3.8, 4) is 0 Å². The molecule has 1 aromatic heterocycles. The summed E-state index contributed by atoms with van der Waals surface area (Å²) in [6.07, 6.45) is 3.06. The van der Waals surface area contributed by atoms with Crippen LogP contribution in [-0.2, 0) is 6.54 Å². The maximum atomic E-state index is 5.91. The van der Waals surface area contributed by atoms with Crippen molar-refractivity contribution in [2.75, 3.05) is 38.5 Å². The molecule has 0 spiro atoms. The van der Waals surface area contributed by atoms with Gasteiger partial charge in [0.05, 0.1) is 11.4 Å². The van der Waals surface area contributed by atoms with Gasteiger partial charge >= 0.3 is 0 Å². The molecule has 0 atom stereocenters. The Kier molecular flexibility index (Phi) is 4.34. The molecular formula is C13H22N4. The summed E-state index contributed by atoms with van der Waals surface area (Å²) in [5.41, 5.74) is 7.73. The van der Waals surface area contributed by atoms with E-state index in [1.54, 1.807) is 0 Å². The topological polar surface area (TPSA) is 45.4 Å². The van der Waals surface area contributed by atoms with E-state index in [0.717, 1.165) is 31.0 Å². The molecule has 0 radical (unpaired) electrons. The highest BCUT2D eigenvalue weighted by molar-refractivity contribution is 5.41. The van der Waals surface area contributed by atoms with Gasteiger partial charge in [0, 0.05) is 38.9 Å². The Balaban J connectivity index is 1.84. The van der Waals surface area contributed by atoms with Gasteiger partial charge in [0.25, 0.3) is 0 Å². The number of piperazine rings is 1. The molecule has 0 amide bonds. The summed E-state index contributed by atoms with van der Waals surface area (Å²) < 4.78 is 0. The SMILES string of the molecule is CCCN1CCN(Cc2ncccc2N)CC1. The lowest BCUT2D eigenvalue weighted by atomic mass is 10.2. The van der Waals surface area contributed by atoms with E-state index in [0.29, 0.717) is 0 Å². The molecule has 0 unspecified atom stereocenters. The first-order valence-corrected chi connectivity index (χ1v) is 6.43. The van der Waals surface area contributed by atoms with Crippen LogP contribution in [0.4, 0.5) is 5.69 Å². The Labute approximate surface area is 103 Å². The highest BCUT2D eigenvalue weighted by Crippen LogP contribution is 2.12. The molecule has 1 fully saturated rings. The second-order valence-electron chi connectivity index (χ2n) is 4.66. The molecule has 4 nitrogen and oxygen atoms in total. The van der Waals surface area contributed by atoms with Gasteiger partial charge in [-0.1, -0.05) is 6.92 Å². The van der Waals surface area contributed by atoms with Crippen LogP contribution in [0, 0.1) is 0 Å². The lowest BCUT2D eigenvalue weighted by molar-refractivity contribution is 0.126. The Morgan fingerprint density at radius 2 is 1.94 bits per heavy atom. The van der Waals surface area contributed by atoms with Crippen LogP contribution in [0.2, 0.25) is 0 Å². The van der Waals surface area contributed by atoms with Crippen LogP contribution in [0.5, 0.6) is 0 Å². The number of hydrogen-bond acceptors (Lipinski definition) is 4. The molecule has 2 heterocycles. The van der Waals surface area contributed by atoms with E-state index >= 15 is 0 Å². The smallest absolute Gasteiger partial charge is 0.0772 e. The van der Waals surface area contributed by atoms with Gasteiger partial charge in [-0.05, 0) is 25.1 Å². The molecule has 1 aromatic rings. The van der Waals surface area contributed by atoms with Crippen molar-refractivity contribution < 1.29 is 0 Å². The molecule has 0 aliphatic carbocycles. The summed E-state index contributed by atoms with van der Waals surface area (Å²) in [6.45, 7) is 8.92. The van der Waals surface area contributed by atoms with E-state index in [-0.39, 0.29) is 0 Å². The summed E-state index contributed by atoms with van der Waals surface area (Å²) in [6, 6.07) is 3.81. The quantitative estimate of drug-likeness (QED) is 0.850. The third-order valence-electron chi connectivity index (χ3n) is 3.30. The molecule has 2 N–H and O–H groups in total. The molecule has 2 rings (SSSR count). The fraction of sp³-hybridized carbons (Fsp3) is 0.615. The van der Waals surface area contributed by atoms with Gasteiger partial charge < -0.3 is 10.6 Å². The number of aromatic nitrogens is 1. The molecule has 17 heavy (non-hydrogen) atoms. The number of pyridine rings is 1. The second-order valence-corrected chi connectivity index (χ2v) is 4.66. The minimum atomic E-state index is 0.809. The molecule has 1 saturated heterocycles. The Bertz CT molecular complexity index is 345. The zero-order chi connectivity index (χ0) is 12.1. The summed E-state index contributed by atoms with van der Waals surface area (Å²) in [5, 5.41) is 0. The van der Waals surface area contributed by atoms with Crippen molar-refractivity contribution in [3.63, 3.8) is 0 Å². The van der Waals surface area contributed by atoms with Gasteiger partial charge in [0.1, 0.15) is 0 Å². The number of nitrogen functional groups attached to an aromatic ring is 1. The zero-order valence-electron chi connectivity index (χ0n) is 10.6. The Hall–Kier alpha value is -1.13. The van der Waals surface area contributed by atoms with Gasteiger partial charge in [0.15, 0.2) is 0 Å². The van der Waals surface area contributed by atoms with Crippen molar-refractivity contribution in [2.24, 2.45) is 0 Å². The number of anilines is 1. The zero-order valence-corrected chi connectivity index (χ0v) is 10.6. The Morgan fingerprint density at radius 3 is 2.59 bits per heavy atom. The molecular weight excluding hydrogens is 212 g/mol. The summed E-state index contributed by atoms with van der Waals surface area (Å²) in [4.78, 5) is 9.31. The first-order chi connectivity index (χ1) is 8.29. The standard InChI is InChI=1S/C13H22N4/c1-2-6-16-7-9-17(10-8-16)11-13-12(14)4-3-5-15-13/h3-5H,2,6-11,14H2,1H3. The van der Waals surface area contributed by atoms with Crippen molar-refractivity contribution in [2.45, 2.75) is 19.9 Å². The fourth-order valence-electron chi connectivity index (χ4n) is 2.28. The first kappa shape index (κ1) is 12.3. The van der Waals surface area contributed by atoms with Gasteiger partial charge in [-0.25, -0.2) is 0 Å². The van der Waals surface area contributed by atoms with E-state index in [1.807, 2.05) is 18.3 Å². The molecule has 94 valence electrons. The third-order valence-corrected chi connectivity index (χ3v) is 3.30. The number of rotatable bonds is 4. The molecule has 1 aliphatic heterocycles. The minimum absolute atomic E-state index is 0.809. The van der Waals surface area contributed by atoms with Crippen LogP contribution in [-0.4, -0.2) is 47.5 Å². The van der Waals surface area contributed by atoms with Crippen LogP contribution < -0.4 is 5.73 Å². The van der Waals surface area contributed by atoms with Crippen LogP contribution in [0.3, 0.4) is 0 Å². The van der Waals surface area contributed by atoms with E-state index in [2.05, 4.69) is 21.7 Å². The summed E-state index contributed by atoms with van der Waals surface area (Å²) in [5.74, 6) is 0. The third kappa shape index (κ3) is 3.41. The normalized spacial score (nSPS) is 18.4. The monoisotopic (exact) mass is 234 g/mol. The maximum Gasteiger partial charge on any atom is 0.0772 e. The molecule has 4 heteroatoms. The average molecular weight is 234 g/mol.